The van der Waals surface area contributed by atoms with Crippen molar-refractivity contribution in [2.45, 2.75) is 49.7 Å². The highest BCUT2D eigenvalue weighted by Gasteiger charge is 2.26. The van der Waals surface area contributed by atoms with E-state index in [4.69, 9.17) is 16.3 Å². The first-order chi connectivity index (χ1) is 9.79. The van der Waals surface area contributed by atoms with Crippen LogP contribution in [0.5, 0.6) is 0 Å². The summed E-state index contributed by atoms with van der Waals surface area (Å²) < 4.78 is 29.0. The van der Waals surface area contributed by atoms with Crippen molar-refractivity contribution < 1.29 is 17.9 Å². The summed E-state index contributed by atoms with van der Waals surface area (Å²) in [7, 11) is -3.38. The van der Waals surface area contributed by atoms with Gasteiger partial charge in [0, 0.05) is 6.26 Å². The topological polar surface area (TPSA) is 60.4 Å². The van der Waals surface area contributed by atoms with Crippen molar-refractivity contribution in [1.29, 1.82) is 0 Å². The zero-order valence-electron chi connectivity index (χ0n) is 12.1. The summed E-state index contributed by atoms with van der Waals surface area (Å²) in [6, 6.07) is 4.54. The van der Waals surface area contributed by atoms with E-state index in [1.54, 1.807) is 6.07 Å². The predicted octanol–water partition coefficient (Wildman–Crippen LogP) is 3.33. The Balaban J connectivity index is 2.28. The second kappa shape index (κ2) is 6.46. The Kier molecular flexibility index (Phi) is 5.07. The maximum Gasteiger partial charge on any atom is 0.176 e. The maximum absolute atomic E-state index is 11.8. The zero-order valence-corrected chi connectivity index (χ0v) is 13.7. The quantitative estimate of drug-likeness (QED) is 0.830. The van der Waals surface area contributed by atoms with Crippen LogP contribution in [0.1, 0.15) is 44.3 Å². The molecular weight excluding hydrogens is 312 g/mol. The van der Waals surface area contributed by atoms with E-state index in [2.05, 4.69) is 0 Å². The molecule has 0 spiro atoms. The molecule has 1 aromatic carbocycles. The highest BCUT2D eigenvalue weighted by molar-refractivity contribution is 7.90. The number of carbonyl (C=O) groups is 1. The van der Waals surface area contributed by atoms with E-state index in [0.717, 1.165) is 31.9 Å². The van der Waals surface area contributed by atoms with Gasteiger partial charge in [0.1, 0.15) is 6.10 Å². The molecular formula is C15H19ClO4S. The van der Waals surface area contributed by atoms with Gasteiger partial charge in [-0.3, -0.25) is 4.79 Å². The summed E-state index contributed by atoms with van der Waals surface area (Å²) in [5.74, 6) is -0.106. The lowest BCUT2D eigenvalue weighted by Gasteiger charge is -2.20. The average molecular weight is 331 g/mol. The van der Waals surface area contributed by atoms with Crippen molar-refractivity contribution in [3.8, 4) is 0 Å². The van der Waals surface area contributed by atoms with Crippen molar-refractivity contribution in [3.05, 3.63) is 28.8 Å². The molecule has 0 bridgehead atoms. The van der Waals surface area contributed by atoms with Gasteiger partial charge in [0.05, 0.1) is 16.0 Å². The minimum Gasteiger partial charge on any atom is -0.362 e. The fourth-order valence-electron chi connectivity index (χ4n) is 2.61. The van der Waals surface area contributed by atoms with Gasteiger partial charge >= 0.3 is 0 Å². The molecule has 0 radical (unpaired) electrons. The minimum absolute atomic E-state index is 0.0658. The molecule has 0 saturated heterocycles. The fourth-order valence-corrected chi connectivity index (χ4v) is 3.94. The van der Waals surface area contributed by atoms with E-state index in [9.17, 15) is 13.2 Å². The molecule has 0 aromatic heterocycles. The molecule has 6 heteroatoms. The third kappa shape index (κ3) is 4.05. The zero-order chi connectivity index (χ0) is 15.6. The largest absolute Gasteiger partial charge is 0.362 e. The third-order valence-electron chi connectivity index (χ3n) is 3.66. The normalized spacial score (nSPS) is 17.9. The number of halogens is 1. The molecule has 2 rings (SSSR count). The minimum atomic E-state index is -3.38. The molecule has 0 heterocycles. The number of carbonyl (C=O) groups excluding carboxylic acids is 1. The lowest BCUT2D eigenvalue weighted by molar-refractivity contribution is -0.132. The Labute approximate surface area is 130 Å². The van der Waals surface area contributed by atoms with Crippen LogP contribution in [0.25, 0.3) is 0 Å². The highest BCUT2D eigenvalue weighted by atomic mass is 35.5. The van der Waals surface area contributed by atoms with Crippen LogP contribution in [0, 0.1) is 0 Å². The van der Waals surface area contributed by atoms with Crippen molar-refractivity contribution in [2.75, 3.05) is 6.26 Å². The average Bonchev–Trinajstić information content (AvgIpc) is 2.86. The molecule has 21 heavy (non-hydrogen) atoms. The first kappa shape index (κ1) is 16.5. The van der Waals surface area contributed by atoms with Gasteiger partial charge in [-0.25, -0.2) is 8.42 Å². The van der Waals surface area contributed by atoms with Crippen molar-refractivity contribution in [1.82, 2.24) is 0 Å². The Bertz CT molecular complexity index is 633. The molecule has 0 N–H and O–H groups in total. The second-order valence-corrected chi connectivity index (χ2v) is 7.89. The van der Waals surface area contributed by atoms with Crippen LogP contribution in [0.4, 0.5) is 0 Å². The third-order valence-corrected chi connectivity index (χ3v) is 5.24. The maximum atomic E-state index is 11.8. The number of hydrogen-bond donors (Lipinski definition) is 0. The SMILES string of the molecule is CC(=O)C(OC1CCCC1)c1ccc(S(C)(=O)=O)c(Cl)c1. The first-order valence-corrected chi connectivity index (χ1v) is 9.21. The Hall–Kier alpha value is -0.910. The Morgan fingerprint density at radius 3 is 2.43 bits per heavy atom. The summed E-state index contributed by atoms with van der Waals surface area (Å²) in [6.45, 7) is 1.47. The van der Waals surface area contributed by atoms with E-state index < -0.39 is 15.9 Å². The van der Waals surface area contributed by atoms with Gasteiger partial charge in [0.25, 0.3) is 0 Å². The lowest BCUT2D eigenvalue weighted by Crippen LogP contribution is -2.19. The van der Waals surface area contributed by atoms with Crippen LogP contribution in [0.3, 0.4) is 0 Å². The van der Waals surface area contributed by atoms with E-state index in [0.29, 0.717) is 5.56 Å². The van der Waals surface area contributed by atoms with Gasteiger partial charge in [-0.05, 0) is 37.5 Å². The fraction of sp³-hybridized carbons (Fsp3) is 0.533. The summed E-state index contributed by atoms with van der Waals surface area (Å²) in [4.78, 5) is 11.9. The van der Waals surface area contributed by atoms with Gasteiger partial charge in [-0.2, -0.15) is 0 Å². The van der Waals surface area contributed by atoms with Crippen LogP contribution in [0.15, 0.2) is 23.1 Å². The van der Waals surface area contributed by atoms with Crippen LogP contribution >= 0.6 is 11.6 Å². The van der Waals surface area contributed by atoms with Crippen LogP contribution in [-0.4, -0.2) is 26.6 Å². The molecule has 0 aliphatic heterocycles. The highest BCUT2D eigenvalue weighted by Crippen LogP contribution is 2.31. The number of ether oxygens (including phenoxy) is 1. The smallest absolute Gasteiger partial charge is 0.176 e. The van der Waals surface area contributed by atoms with E-state index in [1.165, 1.54) is 19.1 Å². The number of ketones is 1. The molecule has 1 aliphatic rings. The van der Waals surface area contributed by atoms with Crippen LogP contribution in [0.2, 0.25) is 5.02 Å². The van der Waals surface area contributed by atoms with Crippen molar-refractivity contribution in [2.24, 2.45) is 0 Å². The molecule has 1 aromatic rings. The van der Waals surface area contributed by atoms with Gasteiger partial charge in [0.2, 0.25) is 0 Å². The summed E-state index contributed by atoms with van der Waals surface area (Å²) >= 11 is 6.03. The molecule has 0 amide bonds. The van der Waals surface area contributed by atoms with E-state index >= 15 is 0 Å². The second-order valence-electron chi connectivity index (χ2n) is 5.50. The van der Waals surface area contributed by atoms with Crippen LogP contribution in [-0.2, 0) is 19.4 Å². The monoisotopic (exact) mass is 330 g/mol. The van der Waals surface area contributed by atoms with Gasteiger partial charge in [0.15, 0.2) is 15.6 Å². The van der Waals surface area contributed by atoms with Gasteiger partial charge < -0.3 is 4.74 Å². The summed E-state index contributed by atoms with van der Waals surface area (Å²) in [5.41, 5.74) is 0.604. The number of hydrogen-bond acceptors (Lipinski definition) is 4. The molecule has 1 fully saturated rings. The first-order valence-electron chi connectivity index (χ1n) is 6.94. The molecule has 1 aliphatic carbocycles. The molecule has 116 valence electrons. The summed E-state index contributed by atoms with van der Waals surface area (Å²) in [5, 5.41) is 0.122. The number of rotatable bonds is 5. The van der Waals surface area contributed by atoms with E-state index in [1.807, 2.05) is 0 Å². The van der Waals surface area contributed by atoms with Crippen molar-refractivity contribution >= 4 is 27.2 Å². The van der Waals surface area contributed by atoms with Crippen LogP contribution < -0.4 is 0 Å². The number of benzene rings is 1. The summed E-state index contributed by atoms with van der Waals surface area (Å²) in [6.07, 6.45) is 4.65. The van der Waals surface area contributed by atoms with Gasteiger partial charge in [-0.15, -0.1) is 0 Å². The molecule has 1 atom stereocenters. The predicted molar refractivity (Wildman–Crippen MR) is 81.3 cm³/mol. The Morgan fingerprint density at radius 1 is 1.33 bits per heavy atom. The standard InChI is InChI=1S/C15H19ClO4S/c1-10(17)15(20-12-5-3-4-6-12)11-7-8-14(13(16)9-11)21(2,18)19/h7-9,12,15H,3-6H2,1-2H3. The molecule has 4 nitrogen and oxygen atoms in total. The number of Topliss-reactive ketones (excluding diaryl/α,β-unsaturated/α-hetero) is 1. The van der Waals surface area contributed by atoms with E-state index in [-0.39, 0.29) is 21.8 Å². The number of sulfone groups is 1. The molecule has 1 unspecified atom stereocenters. The van der Waals surface area contributed by atoms with Gasteiger partial charge in [-0.1, -0.05) is 30.5 Å². The Morgan fingerprint density at radius 2 is 1.95 bits per heavy atom. The lowest BCUT2D eigenvalue weighted by atomic mass is 10.1. The molecule has 1 saturated carbocycles. The van der Waals surface area contributed by atoms with Crippen molar-refractivity contribution in [3.63, 3.8) is 0 Å².